The lowest BCUT2D eigenvalue weighted by atomic mass is 9.95. The summed E-state index contributed by atoms with van der Waals surface area (Å²) in [5.41, 5.74) is 3.00. The first-order valence-corrected chi connectivity index (χ1v) is 16.4. The molecule has 236 valence electrons. The maximum atomic E-state index is 13.8. The van der Waals surface area contributed by atoms with E-state index in [1.165, 1.54) is 33.6 Å². The molecule has 0 bridgehead atoms. The Morgan fingerprint density at radius 3 is 2.59 bits per heavy atom. The molecule has 3 heterocycles. The summed E-state index contributed by atoms with van der Waals surface area (Å²) in [4.78, 5) is 28.8. The third-order valence-electron chi connectivity index (χ3n) is 7.28. The summed E-state index contributed by atoms with van der Waals surface area (Å²) in [6.07, 6.45) is 1.62. The molecule has 1 atom stereocenters. The first-order chi connectivity index (χ1) is 22.4. The van der Waals surface area contributed by atoms with E-state index in [1.54, 1.807) is 42.5 Å². The lowest BCUT2D eigenvalue weighted by Gasteiger charge is -2.24. The monoisotopic (exact) mass is 657 g/mol. The van der Waals surface area contributed by atoms with Gasteiger partial charge < -0.3 is 24.1 Å². The molecule has 0 aliphatic carbocycles. The molecule has 12 heteroatoms. The van der Waals surface area contributed by atoms with Crippen molar-refractivity contribution < 1.29 is 33.6 Å². The highest BCUT2D eigenvalue weighted by atomic mass is 32.2. The number of aliphatic hydroxyl groups excluding tert-OH is 1. The number of carbonyl (C=O) groups is 2. The van der Waals surface area contributed by atoms with Crippen LogP contribution in [0.15, 0.2) is 83.2 Å². The van der Waals surface area contributed by atoms with Gasteiger partial charge >= 0.3 is 5.91 Å². The van der Waals surface area contributed by atoms with Crippen molar-refractivity contribution in [2.75, 3.05) is 31.3 Å². The predicted octanol–water partition coefficient (Wildman–Crippen LogP) is 6.50. The third kappa shape index (κ3) is 6.31. The van der Waals surface area contributed by atoms with Crippen molar-refractivity contribution in [3.05, 3.63) is 101 Å². The highest BCUT2D eigenvalue weighted by Crippen LogP contribution is 2.46. The van der Waals surface area contributed by atoms with Crippen LogP contribution in [0.3, 0.4) is 0 Å². The second-order valence-corrected chi connectivity index (χ2v) is 12.6. The van der Waals surface area contributed by atoms with E-state index < -0.39 is 17.7 Å². The molecule has 46 heavy (non-hydrogen) atoms. The lowest BCUT2D eigenvalue weighted by molar-refractivity contribution is -0.132. The molecule has 1 N–H and O–H groups in total. The van der Waals surface area contributed by atoms with Crippen LogP contribution >= 0.6 is 23.1 Å². The first-order valence-electron chi connectivity index (χ1n) is 14.6. The Morgan fingerprint density at radius 1 is 1.04 bits per heavy atom. The summed E-state index contributed by atoms with van der Waals surface area (Å²) in [5, 5.41) is 20.5. The van der Waals surface area contributed by atoms with Crippen molar-refractivity contribution in [2.24, 2.45) is 0 Å². The number of aromatic nitrogens is 2. The molecule has 4 aromatic rings. The first kappa shape index (κ1) is 31.2. The van der Waals surface area contributed by atoms with E-state index in [1.807, 2.05) is 26.0 Å². The number of thioether (sulfide) groups is 1. The largest absolute Gasteiger partial charge is 0.507 e. The molecule has 1 amide bonds. The van der Waals surface area contributed by atoms with Crippen LogP contribution in [0.5, 0.6) is 23.0 Å². The fourth-order valence-electron chi connectivity index (χ4n) is 5.11. The zero-order valence-corrected chi connectivity index (χ0v) is 26.9. The van der Waals surface area contributed by atoms with Gasteiger partial charge in [-0.05, 0) is 55.3 Å². The third-order valence-corrected chi connectivity index (χ3v) is 9.41. The van der Waals surface area contributed by atoms with Gasteiger partial charge in [0.25, 0.3) is 5.78 Å². The minimum Gasteiger partial charge on any atom is -0.507 e. The zero-order chi connectivity index (χ0) is 32.2. The minimum absolute atomic E-state index is 0.104. The lowest BCUT2D eigenvalue weighted by Crippen LogP contribution is -2.29. The second-order valence-electron chi connectivity index (χ2n) is 10.4. The molecule has 0 spiro atoms. The summed E-state index contributed by atoms with van der Waals surface area (Å²) in [6.45, 7) is 8.95. The number of Topliss-reactive ketones (excluding diaryl/α,β-unsaturated/α-hetero) is 1. The molecule has 10 nitrogen and oxygen atoms in total. The predicted molar refractivity (Wildman–Crippen MR) is 176 cm³/mol. The van der Waals surface area contributed by atoms with E-state index in [2.05, 4.69) is 28.9 Å². The van der Waals surface area contributed by atoms with Gasteiger partial charge in [0, 0.05) is 11.3 Å². The van der Waals surface area contributed by atoms with E-state index in [4.69, 9.17) is 18.9 Å². The summed E-state index contributed by atoms with van der Waals surface area (Å²) >= 11 is 2.68. The van der Waals surface area contributed by atoms with Gasteiger partial charge in [0.2, 0.25) is 5.13 Å². The maximum Gasteiger partial charge on any atom is 0.301 e. The van der Waals surface area contributed by atoms with Gasteiger partial charge in [0.1, 0.15) is 25.6 Å². The van der Waals surface area contributed by atoms with Gasteiger partial charge in [-0.1, -0.05) is 71.6 Å². The molecule has 0 saturated carbocycles. The Morgan fingerprint density at radius 2 is 1.83 bits per heavy atom. The van der Waals surface area contributed by atoms with Crippen LogP contribution in [0.1, 0.15) is 35.2 Å². The maximum absolute atomic E-state index is 13.8. The fraction of sp³-hybridized carbons (Fsp3) is 0.235. The average molecular weight is 658 g/mol. The topological polar surface area (TPSA) is 120 Å². The van der Waals surface area contributed by atoms with Crippen LogP contribution in [0.2, 0.25) is 0 Å². The van der Waals surface area contributed by atoms with Crippen molar-refractivity contribution >= 4 is 45.7 Å². The standard InChI is InChI=1S/C34H31N3O7S2/c1-4-14-42-24-12-10-22(17-26(24)41-5-2)29-28(30(38)23-11-13-25-27(18-23)44-16-15-43-25)31(39)32(40)37(29)33-35-36-34(46-33)45-19-21-8-6-20(3)7-9-21/h4,6-13,17-18,29,38H,1,5,14-16,19H2,2-3H3/b30-28+. The molecule has 6 rings (SSSR count). The number of amides is 1. The molecular weight excluding hydrogens is 627 g/mol. The molecule has 1 unspecified atom stereocenters. The van der Waals surface area contributed by atoms with Gasteiger partial charge in [-0.25, -0.2) is 0 Å². The fourth-order valence-corrected chi connectivity index (χ4v) is 6.93. The van der Waals surface area contributed by atoms with Crippen LogP contribution < -0.4 is 23.8 Å². The van der Waals surface area contributed by atoms with Gasteiger partial charge in [-0.3, -0.25) is 14.5 Å². The Balaban J connectivity index is 1.42. The number of anilines is 1. The van der Waals surface area contributed by atoms with Crippen LogP contribution in [-0.4, -0.2) is 53.4 Å². The Kier molecular flexibility index (Phi) is 9.27. The molecule has 3 aromatic carbocycles. The number of benzene rings is 3. The van der Waals surface area contributed by atoms with Gasteiger partial charge in [-0.15, -0.1) is 10.2 Å². The molecule has 2 aliphatic rings. The summed E-state index contributed by atoms with van der Waals surface area (Å²) in [7, 11) is 0. The highest BCUT2D eigenvalue weighted by molar-refractivity contribution is 8.00. The molecule has 0 radical (unpaired) electrons. The number of aliphatic hydroxyl groups is 1. The number of nitrogens with zero attached hydrogens (tertiary/aromatic N) is 3. The van der Waals surface area contributed by atoms with E-state index in [0.29, 0.717) is 64.0 Å². The van der Waals surface area contributed by atoms with Crippen molar-refractivity contribution in [2.45, 2.75) is 30.0 Å². The van der Waals surface area contributed by atoms with Gasteiger partial charge in [0.05, 0.1) is 18.2 Å². The second kappa shape index (κ2) is 13.7. The summed E-state index contributed by atoms with van der Waals surface area (Å²) < 4.78 is 23.6. The van der Waals surface area contributed by atoms with Crippen LogP contribution in [-0.2, 0) is 15.3 Å². The smallest absolute Gasteiger partial charge is 0.301 e. The molecule has 1 fully saturated rings. The number of fused-ring (bicyclic) bond motifs is 1. The van der Waals surface area contributed by atoms with Crippen molar-refractivity contribution in [3.8, 4) is 23.0 Å². The van der Waals surface area contributed by atoms with Gasteiger partial charge in [0.15, 0.2) is 27.3 Å². The van der Waals surface area contributed by atoms with E-state index in [-0.39, 0.29) is 23.1 Å². The quantitative estimate of drug-likeness (QED) is 0.0478. The van der Waals surface area contributed by atoms with E-state index in [9.17, 15) is 14.7 Å². The average Bonchev–Trinajstić information content (AvgIpc) is 3.65. The van der Waals surface area contributed by atoms with Crippen molar-refractivity contribution in [1.29, 1.82) is 0 Å². The number of ketones is 1. The van der Waals surface area contributed by atoms with Crippen LogP contribution in [0.25, 0.3) is 5.76 Å². The Hall–Kier alpha value is -4.81. The SMILES string of the molecule is C=CCOc1ccc(C2/C(=C(\O)c3ccc4c(c3)OCCO4)C(=O)C(=O)N2c2nnc(SCc3ccc(C)cc3)s2)cc1OCC. The number of hydrogen-bond acceptors (Lipinski definition) is 11. The van der Waals surface area contributed by atoms with E-state index >= 15 is 0 Å². The van der Waals surface area contributed by atoms with Gasteiger partial charge in [-0.2, -0.15) is 0 Å². The molecular formula is C34H31N3O7S2. The molecule has 1 saturated heterocycles. The summed E-state index contributed by atoms with van der Waals surface area (Å²) in [5.74, 6) is 0.463. The van der Waals surface area contributed by atoms with E-state index in [0.717, 1.165) is 5.56 Å². The van der Waals surface area contributed by atoms with Crippen molar-refractivity contribution in [3.63, 3.8) is 0 Å². The zero-order valence-electron chi connectivity index (χ0n) is 25.2. The number of ether oxygens (including phenoxy) is 4. The summed E-state index contributed by atoms with van der Waals surface area (Å²) in [6, 6.07) is 17.2. The number of hydrogen-bond donors (Lipinski definition) is 1. The Bertz CT molecular complexity index is 1820. The van der Waals surface area contributed by atoms with Crippen LogP contribution in [0.4, 0.5) is 5.13 Å². The molecule has 1 aromatic heterocycles. The van der Waals surface area contributed by atoms with Crippen molar-refractivity contribution in [1.82, 2.24) is 10.2 Å². The van der Waals surface area contributed by atoms with Crippen LogP contribution in [0, 0.1) is 6.92 Å². The normalized spacial score (nSPS) is 16.8. The minimum atomic E-state index is -1.04. The highest BCUT2D eigenvalue weighted by Gasteiger charge is 2.48. The Labute approximate surface area is 274 Å². The molecule has 2 aliphatic heterocycles. The number of aryl methyl sites for hydroxylation is 1. The number of rotatable bonds is 11. The number of carbonyl (C=O) groups excluding carboxylic acids is 2.